The van der Waals surface area contributed by atoms with Crippen LogP contribution in [0.2, 0.25) is 0 Å². The number of benzene rings is 2. The van der Waals surface area contributed by atoms with E-state index in [1.807, 2.05) is 31.7 Å². The second-order valence-corrected chi connectivity index (χ2v) is 9.99. The zero-order chi connectivity index (χ0) is 23.6. The lowest BCUT2D eigenvalue weighted by Gasteiger charge is -2.39. The number of carbonyl (C=O) groups is 1. The van der Waals surface area contributed by atoms with Gasteiger partial charge in [-0.3, -0.25) is 4.79 Å². The lowest BCUT2D eigenvalue weighted by Crippen LogP contribution is -2.52. The van der Waals surface area contributed by atoms with Crippen LogP contribution in [-0.2, 0) is 11.2 Å². The van der Waals surface area contributed by atoms with E-state index in [0.29, 0.717) is 13.1 Å². The number of carbonyl (C=O) groups excluding carboxylic acids is 1. The molecule has 2 aromatic carbocycles. The molecule has 4 rings (SSSR count). The highest BCUT2D eigenvalue weighted by Gasteiger charge is 2.31. The third kappa shape index (κ3) is 5.24. The summed E-state index contributed by atoms with van der Waals surface area (Å²) >= 11 is 0. The summed E-state index contributed by atoms with van der Waals surface area (Å²) in [6, 6.07) is 18.9. The Morgan fingerprint density at radius 2 is 1.52 bits per heavy atom. The first-order chi connectivity index (χ1) is 15.7. The predicted octanol–water partition coefficient (Wildman–Crippen LogP) is 5.05. The molecular formula is C28H34N4O. The van der Waals surface area contributed by atoms with Crippen molar-refractivity contribution in [3.05, 3.63) is 77.0 Å². The standard InChI is InChI=1S/C28H34N4O/c1-20-11-13-23(14-12-20)25-29-21(2)24(19-22-9-7-6-8-10-22)26(30-25)31-15-17-32(18-16-31)27(33)28(3,4)5/h6-14H,15-19H2,1-5H3. The normalized spacial score (nSPS) is 14.5. The van der Waals surface area contributed by atoms with Crippen molar-refractivity contribution >= 4 is 11.7 Å². The number of hydrogen-bond acceptors (Lipinski definition) is 4. The van der Waals surface area contributed by atoms with Crippen molar-refractivity contribution < 1.29 is 4.79 Å². The number of nitrogens with zero attached hydrogens (tertiary/aromatic N) is 4. The number of aryl methyl sites for hydroxylation is 2. The Hall–Kier alpha value is -3.21. The maximum absolute atomic E-state index is 12.8. The van der Waals surface area contributed by atoms with Gasteiger partial charge in [-0.1, -0.05) is 80.9 Å². The smallest absolute Gasteiger partial charge is 0.228 e. The molecule has 1 saturated heterocycles. The fourth-order valence-corrected chi connectivity index (χ4v) is 4.28. The van der Waals surface area contributed by atoms with E-state index in [2.05, 4.69) is 67.3 Å². The summed E-state index contributed by atoms with van der Waals surface area (Å²) in [7, 11) is 0. The third-order valence-corrected chi connectivity index (χ3v) is 6.23. The van der Waals surface area contributed by atoms with Crippen LogP contribution in [0.5, 0.6) is 0 Å². The van der Waals surface area contributed by atoms with E-state index in [4.69, 9.17) is 9.97 Å². The molecule has 0 radical (unpaired) electrons. The zero-order valence-electron chi connectivity index (χ0n) is 20.4. The molecule has 1 fully saturated rings. The van der Waals surface area contributed by atoms with Crippen molar-refractivity contribution in [2.24, 2.45) is 5.41 Å². The Morgan fingerprint density at radius 3 is 2.12 bits per heavy atom. The van der Waals surface area contributed by atoms with Crippen molar-refractivity contribution in [2.75, 3.05) is 31.1 Å². The minimum Gasteiger partial charge on any atom is -0.353 e. The second-order valence-electron chi connectivity index (χ2n) is 9.99. The van der Waals surface area contributed by atoms with Gasteiger partial charge in [-0.25, -0.2) is 9.97 Å². The van der Waals surface area contributed by atoms with Gasteiger partial charge in [0.15, 0.2) is 5.82 Å². The number of piperazine rings is 1. The van der Waals surface area contributed by atoms with Crippen LogP contribution < -0.4 is 4.90 Å². The first-order valence-corrected chi connectivity index (χ1v) is 11.7. The van der Waals surface area contributed by atoms with Crippen LogP contribution in [0.3, 0.4) is 0 Å². The average Bonchev–Trinajstić information content (AvgIpc) is 2.80. The molecule has 0 bridgehead atoms. The first-order valence-electron chi connectivity index (χ1n) is 11.7. The second kappa shape index (κ2) is 9.34. The Bertz CT molecular complexity index is 1110. The maximum Gasteiger partial charge on any atom is 0.228 e. The van der Waals surface area contributed by atoms with E-state index in [1.165, 1.54) is 11.1 Å². The molecule has 172 valence electrons. The Balaban J connectivity index is 1.68. The summed E-state index contributed by atoms with van der Waals surface area (Å²) in [4.78, 5) is 27.1. The van der Waals surface area contributed by atoms with E-state index in [-0.39, 0.29) is 11.3 Å². The highest BCUT2D eigenvalue weighted by Crippen LogP contribution is 2.29. The van der Waals surface area contributed by atoms with Crippen LogP contribution in [0.25, 0.3) is 11.4 Å². The Kier molecular flexibility index (Phi) is 6.50. The fourth-order valence-electron chi connectivity index (χ4n) is 4.28. The maximum atomic E-state index is 12.8. The molecule has 2 heterocycles. The molecule has 5 nitrogen and oxygen atoms in total. The van der Waals surface area contributed by atoms with Gasteiger partial charge in [-0.05, 0) is 19.4 Å². The van der Waals surface area contributed by atoms with Gasteiger partial charge < -0.3 is 9.80 Å². The van der Waals surface area contributed by atoms with Crippen LogP contribution in [0.1, 0.15) is 43.2 Å². The van der Waals surface area contributed by atoms with Gasteiger partial charge in [0.25, 0.3) is 0 Å². The van der Waals surface area contributed by atoms with Crippen molar-refractivity contribution in [3.63, 3.8) is 0 Å². The SMILES string of the molecule is Cc1ccc(-c2nc(C)c(Cc3ccccc3)c(N3CCN(C(=O)C(C)(C)C)CC3)n2)cc1. The molecule has 1 aliphatic heterocycles. The largest absolute Gasteiger partial charge is 0.353 e. The van der Waals surface area contributed by atoms with Crippen molar-refractivity contribution in [3.8, 4) is 11.4 Å². The van der Waals surface area contributed by atoms with Gasteiger partial charge in [-0.15, -0.1) is 0 Å². The highest BCUT2D eigenvalue weighted by atomic mass is 16.2. The van der Waals surface area contributed by atoms with E-state index in [0.717, 1.165) is 48.0 Å². The molecule has 3 aromatic rings. The van der Waals surface area contributed by atoms with Gasteiger partial charge in [0, 0.05) is 54.8 Å². The lowest BCUT2D eigenvalue weighted by atomic mass is 9.94. The fraction of sp³-hybridized carbons (Fsp3) is 0.393. The van der Waals surface area contributed by atoms with E-state index >= 15 is 0 Å². The summed E-state index contributed by atoms with van der Waals surface area (Å²) < 4.78 is 0. The molecule has 0 saturated carbocycles. The summed E-state index contributed by atoms with van der Waals surface area (Å²) in [6.45, 7) is 13.1. The lowest BCUT2D eigenvalue weighted by molar-refractivity contribution is -0.139. The summed E-state index contributed by atoms with van der Waals surface area (Å²) in [5, 5.41) is 0. The molecule has 1 amide bonds. The van der Waals surface area contributed by atoms with Crippen molar-refractivity contribution in [1.82, 2.24) is 14.9 Å². The number of amides is 1. The predicted molar refractivity (Wildman–Crippen MR) is 134 cm³/mol. The molecule has 0 aliphatic carbocycles. The van der Waals surface area contributed by atoms with Gasteiger partial charge in [0.05, 0.1) is 0 Å². The number of hydrogen-bond donors (Lipinski definition) is 0. The minimum absolute atomic E-state index is 0.214. The Labute approximate surface area is 197 Å². The molecule has 33 heavy (non-hydrogen) atoms. The van der Waals surface area contributed by atoms with Crippen molar-refractivity contribution in [1.29, 1.82) is 0 Å². The topological polar surface area (TPSA) is 49.3 Å². The molecule has 0 unspecified atom stereocenters. The van der Waals surface area contributed by atoms with Gasteiger partial charge in [0.1, 0.15) is 5.82 Å². The minimum atomic E-state index is -0.356. The Morgan fingerprint density at radius 1 is 0.879 bits per heavy atom. The van der Waals surface area contributed by atoms with E-state index in [9.17, 15) is 4.79 Å². The van der Waals surface area contributed by atoms with Crippen LogP contribution in [0, 0.1) is 19.3 Å². The van der Waals surface area contributed by atoms with E-state index in [1.54, 1.807) is 0 Å². The van der Waals surface area contributed by atoms with Crippen LogP contribution >= 0.6 is 0 Å². The zero-order valence-corrected chi connectivity index (χ0v) is 20.4. The third-order valence-electron chi connectivity index (χ3n) is 6.23. The van der Waals surface area contributed by atoms with Crippen LogP contribution in [-0.4, -0.2) is 47.0 Å². The number of aromatic nitrogens is 2. The van der Waals surface area contributed by atoms with E-state index < -0.39 is 0 Å². The molecule has 0 atom stereocenters. The first kappa shape index (κ1) is 23.0. The number of anilines is 1. The molecular weight excluding hydrogens is 408 g/mol. The number of rotatable bonds is 4. The molecule has 0 spiro atoms. The molecule has 1 aromatic heterocycles. The average molecular weight is 443 g/mol. The highest BCUT2D eigenvalue weighted by molar-refractivity contribution is 5.81. The quantitative estimate of drug-likeness (QED) is 0.568. The molecule has 1 aliphatic rings. The summed E-state index contributed by atoms with van der Waals surface area (Å²) in [5.41, 5.74) is 5.30. The molecule has 0 N–H and O–H groups in total. The van der Waals surface area contributed by atoms with Crippen molar-refractivity contribution in [2.45, 2.75) is 41.0 Å². The van der Waals surface area contributed by atoms with Gasteiger partial charge in [0.2, 0.25) is 5.91 Å². The summed E-state index contributed by atoms with van der Waals surface area (Å²) in [6.07, 6.45) is 0.789. The van der Waals surface area contributed by atoms with Crippen LogP contribution in [0.4, 0.5) is 5.82 Å². The van der Waals surface area contributed by atoms with Gasteiger partial charge in [-0.2, -0.15) is 0 Å². The monoisotopic (exact) mass is 442 g/mol. The van der Waals surface area contributed by atoms with Gasteiger partial charge >= 0.3 is 0 Å². The molecule has 5 heteroatoms. The summed E-state index contributed by atoms with van der Waals surface area (Å²) in [5.74, 6) is 1.96. The van der Waals surface area contributed by atoms with Crippen LogP contribution in [0.15, 0.2) is 54.6 Å².